The van der Waals surface area contributed by atoms with Gasteiger partial charge in [-0.2, -0.15) is 0 Å². The van der Waals surface area contributed by atoms with Crippen LogP contribution in [0, 0.1) is 0 Å². The minimum atomic E-state index is 1.22. The number of hydrogen-bond acceptors (Lipinski definition) is 0. The van der Waals surface area contributed by atoms with Gasteiger partial charge in [0.1, 0.15) is 0 Å². The lowest BCUT2D eigenvalue weighted by Crippen LogP contribution is -1.99. The SMILES string of the molecule is C=C1CC/C1=C/C.CCC. The average molecular weight is 138 g/mol. The van der Waals surface area contributed by atoms with E-state index in [1.54, 1.807) is 0 Å². The zero-order valence-corrected chi connectivity index (χ0v) is 7.41. The van der Waals surface area contributed by atoms with Crippen LogP contribution in [-0.2, 0) is 0 Å². The molecule has 0 N–H and O–H groups in total. The van der Waals surface area contributed by atoms with Gasteiger partial charge in [0.2, 0.25) is 0 Å². The summed E-state index contributed by atoms with van der Waals surface area (Å²) in [7, 11) is 0. The van der Waals surface area contributed by atoms with E-state index in [2.05, 4.69) is 33.4 Å². The second kappa shape index (κ2) is 5.28. The summed E-state index contributed by atoms with van der Waals surface area (Å²) in [6, 6.07) is 0. The van der Waals surface area contributed by atoms with Crippen molar-refractivity contribution in [2.24, 2.45) is 0 Å². The molecule has 58 valence electrons. The van der Waals surface area contributed by atoms with Crippen LogP contribution in [0.2, 0.25) is 0 Å². The van der Waals surface area contributed by atoms with Gasteiger partial charge in [-0.25, -0.2) is 0 Å². The quantitative estimate of drug-likeness (QED) is 0.479. The third kappa shape index (κ3) is 2.86. The molecule has 1 aliphatic rings. The summed E-state index contributed by atoms with van der Waals surface area (Å²) < 4.78 is 0. The van der Waals surface area contributed by atoms with Gasteiger partial charge in [-0.3, -0.25) is 0 Å². The van der Waals surface area contributed by atoms with Crippen molar-refractivity contribution in [3.63, 3.8) is 0 Å². The first-order chi connectivity index (χ1) is 4.76. The fourth-order valence-electron chi connectivity index (χ4n) is 0.795. The van der Waals surface area contributed by atoms with E-state index in [1.165, 1.54) is 30.4 Å². The van der Waals surface area contributed by atoms with Crippen LogP contribution in [0.4, 0.5) is 0 Å². The Morgan fingerprint density at radius 2 is 1.90 bits per heavy atom. The Morgan fingerprint density at radius 1 is 1.40 bits per heavy atom. The fraction of sp³-hybridized carbons (Fsp3) is 0.600. The van der Waals surface area contributed by atoms with E-state index in [-0.39, 0.29) is 0 Å². The van der Waals surface area contributed by atoms with Gasteiger partial charge in [0, 0.05) is 0 Å². The van der Waals surface area contributed by atoms with Crippen molar-refractivity contribution in [2.45, 2.75) is 40.0 Å². The van der Waals surface area contributed by atoms with E-state index in [0.717, 1.165) is 0 Å². The molecule has 0 aliphatic heterocycles. The summed E-state index contributed by atoms with van der Waals surface area (Å²) in [6.45, 7) is 10.2. The van der Waals surface area contributed by atoms with Crippen molar-refractivity contribution in [2.75, 3.05) is 0 Å². The lowest BCUT2D eigenvalue weighted by atomic mass is 9.87. The normalized spacial score (nSPS) is 19.5. The maximum absolute atomic E-state index is 3.84. The van der Waals surface area contributed by atoms with E-state index < -0.39 is 0 Å². The highest BCUT2D eigenvalue weighted by Crippen LogP contribution is 2.30. The van der Waals surface area contributed by atoms with Gasteiger partial charge in [-0.15, -0.1) is 0 Å². The lowest BCUT2D eigenvalue weighted by Gasteiger charge is -2.18. The predicted molar refractivity (Wildman–Crippen MR) is 48.1 cm³/mol. The maximum atomic E-state index is 3.84. The fourth-order valence-corrected chi connectivity index (χ4v) is 0.795. The molecular formula is C10H18. The van der Waals surface area contributed by atoms with Crippen molar-refractivity contribution >= 4 is 0 Å². The molecule has 0 unspecified atom stereocenters. The highest BCUT2D eigenvalue weighted by Gasteiger charge is 2.10. The molecular weight excluding hydrogens is 120 g/mol. The topological polar surface area (TPSA) is 0 Å². The molecule has 0 aromatic carbocycles. The molecule has 0 amide bonds. The maximum Gasteiger partial charge on any atom is -0.0239 e. The Bertz CT molecular complexity index is 129. The van der Waals surface area contributed by atoms with Crippen LogP contribution >= 0.6 is 0 Å². The monoisotopic (exact) mass is 138 g/mol. The third-order valence-corrected chi connectivity index (χ3v) is 1.50. The van der Waals surface area contributed by atoms with Crippen molar-refractivity contribution in [3.05, 3.63) is 23.8 Å². The molecule has 0 radical (unpaired) electrons. The van der Waals surface area contributed by atoms with Crippen molar-refractivity contribution in [3.8, 4) is 0 Å². The van der Waals surface area contributed by atoms with Gasteiger partial charge in [-0.1, -0.05) is 38.5 Å². The summed E-state index contributed by atoms with van der Waals surface area (Å²) in [4.78, 5) is 0. The first-order valence-electron chi connectivity index (χ1n) is 4.09. The first kappa shape index (κ1) is 9.48. The second-order valence-electron chi connectivity index (χ2n) is 2.62. The molecule has 0 atom stereocenters. The van der Waals surface area contributed by atoms with Gasteiger partial charge in [-0.05, 0) is 25.3 Å². The first-order valence-corrected chi connectivity index (χ1v) is 4.09. The summed E-state index contributed by atoms with van der Waals surface area (Å²) in [5, 5.41) is 0. The van der Waals surface area contributed by atoms with E-state index in [1.807, 2.05) is 0 Å². The Kier molecular flexibility index (Phi) is 5.00. The van der Waals surface area contributed by atoms with Crippen molar-refractivity contribution in [1.29, 1.82) is 0 Å². The van der Waals surface area contributed by atoms with E-state index in [0.29, 0.717) is 0 Å². The molecule has 1 aliphatic carbocycles. The number of rotatable bonds is 0. The van der Waals surface area contributed by atoms with Gasteiger partial charge in [0.25, 0.3) is 0 Å². The van der Waals surface area contributed by atoms with Crippen LogP contribution in [0.15, 0.2) is 23.8 Å². The molecule has 0 bridgehead atoms. The predicted octanol–water partition coefficient (Wildman–Crippen LogP) is 3.70. The van der Waals surface area contributed by atoms with Gasteiger partial charge in [0.05, 0.1) is 0 Å². The molecule has 0 nitrogen and oxygen atoms in total. The minimum Gasteiger partial charge on any atom is -0.0956 e. The minimum absolute atomic E-state index is 1.22. The van der Waals surface area contributed by atoms with E-state index >= 15 is 0 Å². The zero-order valence-electron chi connectivity index (χ0n) is 7.41. The number of hydrogen-bond donors (Lipinski definition) is 0. The van der Waals surface area contributed by atoms with Crippen molar-refractivity contribution in [1.82, 2.24) is 0 Å². The van der Waals surface area contributed by atoms with Crippen LogP contribution < -0.4 is 0 Å². The Balaban J connectivity index is 0.000000236. The molecule has 0 heterocycles. The van der Waals surface area contributed by atoms with Crippen LogP contribution in [-0.4, -0.2) is 0 Å². The summed E-state index contributed by atoms with van der Waals surface area (Å²) in [5.74, 6) is 0. The lowest BCUT2D eigenvalue weighted by molar-refractivity contribution is 0.826. The molecule has 1 fully saturated rings. The van der Waals surface area contributed by atoms with E-state index in [9.17, 15) is 0 Å². The summed E-state index contributed by atoms with van der Waals surface area (Å²) in [6.07, 6.45) is 5.88. The molecule has 0 saturated heterocycles. The van der Waals surface area contributed by atoms with Gasteiger partial charge >= 0.3 is 0 Å². The average Bonchev–Trinajstić information content (AvgIpc) is 1.88. The van der Waals surface area contributed by atoms with Gasteiger partial charge < -0.3 is 0 Å². The van der Waals surface area contributed by atoms with Gasteiger partial charge in [0.15, 0.2) is 0 Å². The number of allylic oxidation sites excluding steroid dienone is 3. The highest BCUT2D eigenvalue weighted by atomic mass is 14.2. The van der Waals surface area contributed by atoms with E-state index in [4.69, 9.17) is 0 Å². The molecule has 0 aromatic rings. The zero-order chi connectivity index (χ0) is 7.98. The molecule has 10 heavy (non-hydrogen) atoms. The molecule has 1 rings (SSSR count). The largest absolute Gasteiger partial charge is 0.0956 e. The Hall–Kier alpha value is -0.520. The second-order valence-corrected chi connectivity index (χ2v) is 2.62. The molecule has 1 saturated carbocycles. The molecule has 0 aromatic heterocycles. The van der Waals surface area contributed by atoms with Crippen LogP contribution in [0.5, 0.6) is 0 Å². The Labute approximate surface area is 64.6 Å². The summed E-state index contributed by atoms with van der Waals surface area (Å²) >= 11 is 0. The standard InChI is InChI=1S/C7H10.C3H8/c1-3-7-5-4-6(7)2;1-3-2/h3H,2,4-5H2,1H3;3H2,1-2H3/b7-3-;. The summed E-state index contributed by atoms with van der Waals surface area (Å²) in [5.41, 5.74) is 2.79. The van der Waals surface area contributed by atoms with Crippen LogP contribution in [0.25, 0.3) is 0 Å². The van der Waals surface area contributed by atoms with Crippen LogP contribution in [0.1, 0.15) is 40.0 Å². The molecule has 0 heteroatoms. The van der Waals surface area contributed by atoms with Crippen molar-refractivity contribution < 1.29 is 0 Å². The highest BCUT2D eigenvalue weighted by molar-refractivity contribution is 5.36. The van der Waals surface area contributed by atoms with Crippen LogP contribution in [0.3, 0.4) is 0 Å². The smallest absolute Gasteiger partial charge is 0.0239 e. The molecule has 0 spiro atoms. The third-order valence-electron chi connectivity index (χ3n) is 1.50. The Morgan fingerprint density at radius 3 is 1.90 bits per heavy atom.